The summed E-state index contributed by atoms with van der Waals surface area (Å²) in [6.07, 6.45) is 0. The van der Waals surface area contributed by atoms with Crippen LogP contribution in [0.15, 0.2) is 82.2 Å². The van der Waals surface area contributed by atoms with E-state index in [0.29, 0.717) is 17.2 Å². The lowest BCUT2D eigenvalue weighted by Crippen LogP contribution is -2.30. The molecule has 5 nitrogen and oxygen atoms in total. The highest BCUT2D eigenvalue weighted by molar-refractivity contribution is 9.10. The first-order valence-corrected chi connectivity index (χ1v) is 10.7. The van der Waals surface area contributed by atoms with Crippen LogP contribution in [-0.2, 0) is 16.6 Å². The lowest BCUT2D eigenvalue weighted by molar-refractivity contribution is 0.414. The van der Waals surface area contributed by atoms with Gasteiger partial charge in [0.05, 0.1) is 31.3 Å². The number of anilines is 1. The van der Waals surface area contributed by atoms with Crippen molar-refractivity contribution in [3.63, 3.8) is 0 Å². The summed E-state index contributed by atoms with van der Waals surface area (Å²) in [5, 5.41) is 0. The van der Waals surface area contributed by atoms with Crippen LogP contribution in [0.4, 0.5) is 5.69 Å². The van der Waals surface area contributed by atoms with Crippen LogP contribution >= 0.6 is 15.9 Å². The SMILES string of the molecule is COc1ccc(N(Cc2ccc(Br)cc2)S(=O)(=O)c2ccc(OC)cc2)cc1. The number of rotatable bonds is 7. The van der Waals surface area contributed by atoms with Gasteiger partial charge in [0.1, 0.15) is 11.5 Å². The van der Waals surface area contributed by atoms with Crippen molar-refractivity contribution < 1.29 is 17.9 Å². The highest BCUT2D eigenvalue weighted by Crippen LogP contribution is 2.29. The lowest BCUT2D eigenvalue weighted by atomic mass is 10.2. The van der Waals surface area contributed by atoms with E-state index in [2.05, 4.69) is 15.9 Å². The Morgan fingerprint density at radius 1 is 0.786 bits per heavy atom. The van der Waals surface area contributed by atoms with Gasteiger partial charge in [0.25, 0.3) is 10.0 Å². The van der Waals surface area contributed by atoms with Crippen LogP contribution in [0.2, 0.25) is 0 Å². The Labute approximate surface area is 173 Å². The number of nitrogens with zero attached hydrogens (tertiary/aromatic N) is 1. The largest absolute Gasteiger partial charge is 0.497 e. The molecule has 3 rings (SSSR count). The zero-order valence-corrected chi connectivity index (χ0v) is 17.9. The van der Waals surface area contributed by atoms with Gasteiger partial charge in [0, 0.05) is 4.47 Å². The van der Waals surface area contributed by atoms with Crippen molar-refractivity contribution in [2.45, 2.75) is 11.4 Å². The van der Waals surface area contributed by atoms with Crippen LogP contribution in [0, 0.1) is 0 Å². The highest BCUT2D eigenvalue weighted by Gasteiger charge is 2.25. The van der Waals surface area contributed by atoms with Gasteiger partial charge in [-0.1, -0.05) is 28.1 Å². The number of hydrogen-bond donors (Lipinski definition) is 0. The maximum atomic E-state index is 13.4. The second kappa shape index (κ2) is 8.67. The molecule has 0 bridgehead atoms. The van der Waals surface area contributed by atoms with Crippen LogP contribution in [0.1, 0.15) is 5.56 Å². The molecule has 0 N–H and O–H groups in total. The minimum atomic E-state index is -3.78. The molecule has 0 radical (unpaired) electrons. The Balaban J connectivity index is 2.03. The first-order chi connectivity index (χ1) is 13.4. The number of halogens is 1. The third-order valence-corrected chi connectivity index (χ3v) is 6.56. The zero-order chi connectivity index (χ0) is 20.1. The van der Waals surface area contributed by atoms with E-state index < -0.39 is 10.0 Å². The highest BCUT2D eigenvalue weighted by atomic mass is 79.9. The first-order valence-electron chi connectivity index (χ1n) is 8.49. The summed E-state index contributed by atoms with van der Waals surface area (Å²) in [6, 6.07) is 20.9. The molecule has 0 spiro atoms. The molecule has 3 aromatic carbocycles. The minimum absolute atomic E-state index is 0.196. The maximum Gasteiger partial charge on any atom is 0.264 e. The molecular weight excluding hydrogens is 442 g/mol. The number of sulfonamides is 1. The topological polar surface area (TPSA) is 55.8 Å². The van der Waals surface area contributed by atoms with Crippen molar-refractivity contribution in [1.82, 2.24) is 0 Å². The van der Waals surface area contributed by atoms with Crippen LogP contribution in [0.3, 0.4) is 0 Å². The third-order valence-electron chi connectivity index (χ3n) is 4.25. The quantitative estimate of drug-likeness (QED) is 0.503. The van der Waals surface area contributed by atoms with Crippen molar-refractivity contribution in [2.75, 3.05) is 18.5 Å². The molecular formula is C21H20BrNO4S. The third kappa shape index (κ3) is 4.48. The summed E-state index contributed by atoms with van der Waals surface area (Å²) in [6.45, 7) is 0.202. The van der Waals surface area contributed by atoms with Gasteiger partial charge in [0.2, 0.25) is 0 Å². The Bertz CT molecular complexity index is 1020. The van der Waals surface area contributed by atoms with Gasteiger partial charge in [0.15, 0.2) is 0 Å². The molecule has 0 saturated carbocycles. The van der Waals surface area contributed by atoms with Crippen molar-refractivity contribution in [3.8, 4) is 11.5 Å². The Morgan fingerprint density at radius 3 is 1.79 bits per heavy atom. The van der Waals surface area contributed by atoms with Gasteiger partial charge in [-0.25, -0.2) is 8.42 Å². The van der Waals surface area contributed by atoms with E-state index in [1.807, 2.05) is 24.3 Å². The number of methoxy groups -OCH3 is 2. The molecule has 0 fully saturated rings. The average molecular weight is 462 g/mol. The lowest BCUT2D eigenvalue weighted by Gasteiger charge is -2.25. The van der Waals surface area contributed by atoms with Crippen LogP contribution < -0.4 is 13.8 Å². The Kier molecular flexibility index (Phi) is 6.26. The molecule has 0 aliphatic rings. The van der Waals surface area contributed by atoms with E-state index in [9.17, 15) is 8.42 Å². The Morgan fingerprint density at radius 2 is 1.29 bits per heavy atom. The van der Waals surface area contributed by atoms with Gasteiger partial charge in [-0.3, -0.25) is 4.31 Å². The van der Waals surface area contributed by atoms with Gasteiger partial charge in [-0.2, -0.15) is 0 Å². The molecule has 0 heterocycles. The van der Waals surface area contributed by atoms with Gasteiger partial charge in [-0.05, 0) is 66.2 Å². The Hall–Kier alpha value is -2.51. The molecule has 0 aromatic heterocycles. The van der Waals surface area contributed by atoms with Gasteiger partial charge >= 0.3 is 0 Å². The monoisotopic (exact) mass is 461 g/mol. The summed E-state index contributed by atoms with van der Waals surface area (Å²) in [4.78, 5) is 0.196. The molecule has 0 saturated heterocycles. The van der Waals surface area contributed by atoms with E-state index >= 15 is 0 Å². The second-order valence-corrected chi connectivity index (χ2v) is 8.79. The summed E-state index contributed by atoms with van der Waals surface area (Å²) in [7, 11) is -0.667. The summed E-state index contributed by atoms with van der Waals surface area (Å²) >= 11 is 3.40. The zero-order valence-electron chi connectivity index (χ0n) is 15.5. The van der Waals surface area contributed by atoms with Gasteiger partial charge in [-0.15, -0.1) is 0 Å². The molecule has 0 atom stereocenters. The van der Waals surface area contributed by atoms with Crippen LogP contribution in [0.5, 0.6) is 11.5 Å². The fourth-order valence-corrected chi connectivity index (χ4v) is 4.41. The predicted octanol–water partition coefficient (Wildman–Crippen LogP) is 4.86. The summed E-state index contributed by atoms with van der Waals surface area (Å²) in [5.41, 5.74) is 1.43. The summed E-state index contributed by atoms with van der Waals surface area (Å²) < 4.78 is 39.4. The smallest absolute Gasteiger partial charge is 0.264 e. The second-order valence-electron chi connectivity index (χ2n) is 6.01. The standard InChI is InChI=1S/C21H20BrNO4S/c1-26-19-9-7-18(8-10-19)23(15-16-3-5-17(22)6-4-16)28(24,25)21-13-11-20(27-2)12-14-21/h3-14H,15H2,1-2H3. The molecule has 0 unspecified atom stereocenters. The van der Waals surface area contributed by atoms with Gasteiger partial charge < -0.3 is 9.47 Å². The van der Waals surface area contributed by atoms with Crippen molar-refractivity contribution in [2.24, 2.45) is 0 Å². The van der Waals surface area contributed by atoms with Crippen LogP contribution in [0.25, 0.3) is 0 Å². The number of ether oxygens (including phenoxy) is 2. The van der Waals surface area contributed by atoms with E-state index in [1.54, 1.807) is 62.8 Å². The summed E-state index contributed by atoms with van der Waals surface area (Å²) in [5.74, 6) is 1.26. The average Bonchev–Trinajstić information content (AvgIpc) is 2.73. The fourth-order valence-electron chi connectivity index (χ4n) is 2.69. The molecule has 0 amide bonds. The van der Waals surface area contributed by atoms with E-state index in [0.717, 1.165) is 10.0 Å². The van der Waals surface area contributed by atoms with E-state index in [1.165, 1.54) is 4.31 Å². The maximum absolute atomic E-state index is 13.4. The fraction of sp³-hybridized carbons (Fsp3) is 0.143. The number of hydrogen-bond acceptors (Lipinski definition) is 4. The van der Waals surface area contributed by atoms with E-state index in [-0.39, 0.29) is 11.4 Å². The molecule has 0 aliphatic carbocycles. The van der Waals surface area contributed by atoms with Crippen molar-refractivity contribution in [1.29, 1.82) is 0 Å². The molecule has 28 heavy (non-hydrogen) atoms. The van der Waals surface area contributed by atoms with Crippen molar-refractivity contribution >= 4 is 31.6 Å². The normalized spacial score (nSPS) is 11.1. The minimum Gasteiger partial charge on any atom is -0.497 e. The number of benzene rings is 3. The first kappa shape index (κ1) is 20.2. The van der Waals surface area contributed by atoms with Crippen LogP contribution in [-0.4, -0.2) is 22.6 Å². The predicted molar refractivity (Wildman–Crippen MR) is 113 cm³/mol. The molecule has 7 heteroatoms. The molecule has 3 aromatic rings. The van der Waals surface area contributed by atoms with Crippen molar-refractivity contribution in [3.05, 3.63) is 82.8 Å². The molecule has 0 aliphatic heterocycles. The van der Waals surface area contributed by atoms with E-state index in [4.69, 9.17) is 9.47 Å². The molecule has 146 valence electrons.